The number of hydrogen-bond donors (Lipinski definition) is 3. The molecule has 0 fully saturated rings. The van der Waals surface area contributed by atoms with Gasteiger partial charge in [0.1, 0.15) is 0 Å². The first-order valence-electron chi connectivity index (χ1n) is 3.90. The van der Waals surface area contributed by atoms with Crippen LogP contribution in [0.25, 0.3) is 0 Å². The third-order valence-electron chi connectivity index (χ3n) is 1.46. The van der Waals surface area contributed by atoms with Crippen LogP contribution in [0.3, 0.4) is 0 Å². The summed E-state index contributed by atoms with van der Waals surface area (Å²) in [5.74, 6) is 0.163. The zero-order valence-electron chi connectivity index (χ0n) is 7.52. The van der Waals surface area contributed by atoms with Crippen molar-refractivity contribution < 1.29 is 4.79 Å². The summed E-state index contributed by atoms with van der Waals surface area (Å²) in [5, 5.41) is 15.7. The molecule has 1 amide bonds. The largest absolute Gasteiger partial charge is 0.393 e. The fraction of sp³-hybridized carbons (Fsp3) is 0.500. The number of carbonyl (C=O) groups is 1. The van der Waals surface area contributed by atoms with Gasteiger partial charge in [0.2, 0.25) is 5.91 Å². The molecule has 0 aliphatic carbocycles. The van der Waals surface area contributed by atoms with Gasteiger partial charge in [0.05, 0.1) is 17.5 Å². The molecular weight excluding hydrogens is 204 g/mol. The number of carbonyl (C=O) groups excluding carboxylic acids is 1. The molecule has 0 saturated carbocycles. The van der Waals surface area contributed by atoms with Crippen molar-refractivity contribution in [3.63, 3.8) is 0 Å². The molecule has 1 aromatic rings. The van der Waals surface area contributed by atoms with Gasteiger partial charge >= 0.3 is 0 Å². The van der Waals surface area contributed by atoms with Crippen LogP contribution in [0.15, 0.2) is 0 Å². The van der Waals surface area contributed by atoms with Gasteiger partial charge in [-0.25, -0.2) is 0 Å². The number of tetrazole rings is 1. The number of aromatic amines is 1. The van der Waals surface area contributed by atoms with Crippen molar-refractivity contribution in [2.45, 2.75) is 19.4 Å². The summed E-state index contributed by atoms with van der Waals surface area (Å²) in [6.45, 7) is 1.74. The highest BCUT2D eigenvalue weighted by Gasteiger charge is 2.13. The molecule has 1 atom stereocenters. The summed E-state index contributed by atoms with van der Waals surface area (Å²) in [4.78, 5) is 11.3. The number of rotatable bonds is 4. The van der Waals surface area contributed by atoms with E-state index in [0.717, 1.165) is 0 Å². The van der Waals surface area contributed by atoms with Gasteiger partial charge in [-0.15, -0.1) is 10.2 Å². The minimum atomic E-state index is -0.310. The standard InChI is InChI=1S/C6H10N6OS/c1-3(6-9-11-12-10-6)8-5(13)2-4(7)14/h3H,2H2,1H3,(H2,7,14)(H,8,13)(H,9,10,11,12). The average molecular weight is 214 g/mol. The molecule has 0 saturated heterocycles. The lowest BCUT2D eigenvalue weighted by Gasteiger charge is -2.08. The maximum absolute atomic E-state index is 11.2. The van der Waals surface area contributed by atoms with E-state index >= 15 is 0 Å². The Morgan fingerprint density at radius 2 is 2.50 bits per heavy atom. The number of thiocarbonyl (C=S) groups is 1. The van der Waals surface area contributed by atoms with Crippen LogP contribution in [0.4, 0.5) is 0 Å². The number of nitrogens with zero attached hydrogens (tertiary/aromatic N) is 3. The third kappa shape index (κ3) is 3.05. The Kier molecular flexibility index (Phi) is 3.46. The summed E-state index contributed by atoms with van der Waals surface area (Å²) in [7, 11) is 0. The highest BCUT2D eigenvalue weighted by atomic mass is 32.1. The van der Waals surface area contributed by atoms with Crippen LogP contribution in [0.2, 0.25) is 0 Å². The van der Waals surface area contributed by atoms with E-state index in [0.29, 0.717) is 5.82 Å². The predicted octanol–water partition coefficient (Wildman–Crippen LogP) is -0.947. The molecule has 14 heavy (non-hydrogen) atoms. The maximum atomic E-state index is 11.2. The molecule has 76 valence electrons. The topological polar surface area (TPSA) is 110 Å². The van der Waals surface area contributed by atoms with E-state index in [1.165, 1.54) is 0 Å². The van der Waals surface area contributed by atoms with Gasteiger partial charge in [0, 0.05) is 0 Å². The molecule has 1 aromatic heterocycles. The molecule has 7 nitrogen and oxygen atoms in total. The van der Waals surface area contributed by atoms with E-state index in [2.05, 4.69) is 38.2 Å². The van der Waals surface area contributed by atoms with Crippen LogP contribution in [-0.4, -0.2) is 31.5 Å². The second-order valence-electron chi connectivity index (χ2n) is 2.70. The number of amides is 1. The van der Waals surface area contributed by atoms with Crippen LogP contribution in [0, 0.1) is 0 Å². The van der Waals surface area contributed by atoms with E-state index in [4.69, 9.17) is 5.73 Å². The molecule has 1 heterocycles. The lowest BCUT2D eigenvalue weighted by molar-refractivity contribution is -0.120. The molecule has 0 aliphatic heterocycles. The molecule has 0 spiro atoms. The van der Waals surface area contributed by atoms with Gasteiger partial charge in [-0.2, -0.15) is 5.21 Å². The van der Waals surface area contributed by atoms with Crippen molar-refractivity contribution in [1.29, 1.82) is 0 Å². The summed E-state index contributed by atoms with van der Waals surface area (Å²) in [5.41, 5.74) is 5.21. The minimum Gasteiger partial charge on any atom is -0.393 e. The molecule has 0 bridgehead atoms. The molecule has 0 aliphatic rings. The molecule has 0 radical (unpaired) electrons. The first kappa shape index (κ1) is 10.5. The highest BCUT2D eigenvalue weighted by molar-refractivity contribution is 7.80. The lowest BCUT2D eigenvalue weighted by Crippen LogP contribution is -2.30. The van der Waals surface area contributed by atoms with Gasteiger partial charge in [-0.05, 0) is 6.92 Å². The SMILES string of the molecule is CC(NC(=O)CC(N)=S)c1nn[nH]n1. The molecular formula is C6H10N6OS. The van der Waals surface area contributed by atoms with Crippen molar-refractivity contribution >= 4 is 23.1 Å². The first-order valence-corrected chi connectivity index (χ1v) is 4.31. The number of aromatic nitrogens is 4. The van der Waals surface area contributed by atoms with E-state index in [1.807, 2.05) is 0 Å². The van der Waals surface area contributed by atoms with Gasteiger partial charge in [-0.1, -0.05) is 17.4 Å². The normalized spacial score (nSPS) is 12.1. The van der Waals surface area contributed by atoms with Crippen molar-refractivity contribution in [2.75, 3.05) is 0 Å². The van der Waals surface area contributed by atoms with Crippen molar-refractivity contribution in [3.8, 4) is 0 Å². The molecule has 1 rings (SSSR count). The second-order valence-corrected chi connectivity index (χ2v) is 3.23. The van der Waals surface area contributed by atoms with Crippen molar-refractivity contribution in [1.82, 2.24) is 25.9 Å². The third-order valence-corrected chi connectivity index (χ3v) is 1.61. The smallest absolute Gasteiger partial charge is 0.227 e. The Morgan fingerprint density at radius 3 is 3.00 bits per heavy atom. The molecule has 4 N–H and O–H groups in total. The van der Waals surface area contributed by atoms with E-state index < -0.39 is 0 Å². The fourth-order valence-electron chi connectivity index (χ4n) is 0.868. The fourth-order valence-corrected chi connectivity index (χ4v) is 0.999. The lowest BCUT2D eigenvalue weighted by atomic mass is 10.3. The summed E-state index contributed by atoms with van der Waals surface area (Å²) < 4.78 is 0. The Morgan fingerprint density at radius 1 is 1.79 bits per heavy atom. The van der Waals surface area contributed by atoms with Gasteiger partial charge in [0.15, 0.2) is 5.82 Å². The van der Waals surface area contributed by atoms with Crippen molar-refractivity contribution in [3.05, 3.63) is 5.82 Å². The first-order chi connectivity index (χ1) is 6.59. The quantitative estimate of drug-likeness (QED) is 0.558. The van der Waals surface area contributed by atoms with Crippen LogP contribution >= 0.6 is 12.2 Å². The number of hydrogen-bond acceptors (Lipinski definition) is 5. The van der Waals surface area contributed by atoms with E-state index in [1.54, 1.807) is 6.92 Å². The average Bonchev–Trinajstić information content (AvgIpc) is 2.53. The van der Waals surface area contributed by atoms with Crippen LogP contribution in [0.5, 0.6) is 0 Å². The molecule has 8 heteroatoms. The Bertz CT molecular complexity index is 323. The van der Waals surface area contributed by atoms with E-state index in [-0.39, 0.29) is 23.4 Å². The maximum Gasteiger partial charge on any atom is 0.227 e. The Hall–Kier alpha value is -1.57. The Labute approximate surface area is 85.4 Å². The summed E-state index contributed by atoms with van der Waals surface area (Å²) >= 11 is 4.59. The number of H-pyrrole nitrogens is 1. The number of nitrogens with one attached hydrogen (secondary N) is 2. The second kappa shape index (κ2) is 4.61. The molecule has 0 aromatic carbocycles. The van der Waals surface area contributed by atoms with Gasteiger partial charge in [-0.3, -0.25) is 4.79 Å². The Balaban J connectivity index is 2.45. The highest BCUT2D eigenvalue weighted by Crippen LogP contribution is 2.02. The van der Waals surface area contributed by atoms with Crippen LogP contribution in [0.1, 0.15) is 25.2 Å². The van der Waals surface area contributed by atoms with Gasteiger partial charge in [0.25, 0.3) is 0 Å². The van der Waals surface area contributed by atoms with Crippen molar-refractivity contribution in [2.24, 2.45) is 5.73 Å². The zero-order valence-corrected chi connectivity index (χ0v) is 8.34. The minimum absolute atomic E-state index is 0.0253. The number of nitrogens with two attached hydrogens (primary N) is 1. The summed E-state index contributed by atoms with van der Waals surface area (Å²) in [6.07, 6.45) is 0.0253. The van der Waals surface area contributed by atoms with Gasteiger partial charge < -0.3 is 11.1 Å². The monoisotopic (exact) mass is 214 g/mol. The summed E-state index contributed by atoms with van der Waals surface area (Å²) in [6, 6.07) is -0.310. The zero-order chi connectivity index (χ0) is 10.6. The van der Waals surface area contributed by atoms with Crippen LogP contribution < -0.4 is 11.1 Å². The van der Waals surface area contributed by atoms with Crippen LogP contribution in [-0.2, 0) is 4.79 Å². The molecule has 1 unspecified atom stereocenters. The predicted molar refractivity (Wildman–Crippen MR) is 52.1 cm³/mol. The van der Waals surface area contributed by atoms with E-state index in [9.17, 15) is 4.79 Å².